The molecule has 1 aromatic carbocycles. The summed E-state index contributed by atoms with van der Waals surface area (Å²) < 4.78 is 11.8. The molecule has 0 aliphatic carbocycles. The molecule has 0 aliphatic rings. The first-order chi connectivity index (χ1) is 15.8. The van der Waals surface area contributed by atoms with Gasteiger partial charge in [-0.25, -0.2) is 9.78 Å². The third-order valence-corrected chi connectivity index (χ3v) is 5.41. The molecule has 3 rings (SSSR count). The van der Waals surface area contributed by atoms with Gasteiger partial charge in [-0.2, -0.15) is 0 Å². The van der Waals surface area contributed by atoms with Crippen molar-refractivity contribution in [2.75, 3.05) is 31.5 Å². The molecule has 33 heavy (non-hydrogen) atoms. The average Bonchev–Trinajstić information content (AvgIpc) is 3.09. The molecule has 0 bridgehead atoms. The number of nitrogens with one attached hydrogen (secondary N) is 2. The van der Waals surface area contributed by atoms with Gasteiger partial charge in [-0.05, 0) is 36.1 Å². The molecule has 9 heteroatoms. The van der Waals surface area contributed by atoms with Crippen LogP contribution in [-0.2, 0) is 27.4 Å². The standard InChI is InChI=1S/C24H29ClN4O4/c1-15(2)9-10-29-22(24(31)33-4)21(28-20(30)14-32-3)19-11-18(13-27-23(19)29)26-12-16-5-7-17(25)8-6-16/h5-8,11,13,15,26H,9-10,12,14H2,1-4H3,(H,28,30). The van der Waals surface area contributed by atoms with Gasteiger partial charge in [0, 0.05) is 30.6 Å². The second-order valence-corrected chi connectivity index (χ2v) is 8.54. The maximum absolute atomic E-state index is 12.8. The van der Waals surface area contributed by atoms with Crippen LogP contribution in [0.5, 0.6) is 0 Å². The Morgan fingerprint density at radius 2 is 1.91 bits per heavy atom. The topological polar surface area (TPSA) is 94.5 Å². The number of aryl methyl sites for hydroxylation is 1. The number of aromatic nitrogens is 2. The van der Waals surface area contributed by atoms with Crippen molar-refractivity contribution in [2.45, 2.75) is 33.4 Å². The molecule has 2 N–H and O–H groups in total. The van der Waals surface area contributed by atoms with Crippen LogP contribution in [-0.4, -0.2) is 42.3 Å². The molecule has 8 nitrogen and oxygen atoms in total. The van der Waals surface area contributed by atoms with Crippen molar-refractivity contribution < 1.29 is 19.1 Å². The maximum Gasteiger partial charge on any atom is 0.356 e. The monoisotopic (exact) mass is 472 g/mol. The lowest BCUT2D eigenvalue weighted by Crippen LogP contribution is -2.20. The summed E-state index contributed by atoms with van der Waals surface area (Å²) in [6, 6.07) is 9.42. The molecular formula is C24H29ClN4O4. The minimum absolute atomic E-state index is 0.138. The largest absolute Gasteiger partial charge is 0.464 e. The van der Waals surface area contributed by atoms with Crippen LogP contribution >= 0.6 is 11.6 Å². The summed E-state index contributed by atoms with van der Waals surface area (Å²) in [5.74, 6) is -0.495. The van der Waals surface area contributed by atoms with Crippen LogP contribution in [0, 0.1) is 5.92 Å². The highest BCUT2D eigenvalue weighted by atomic mass is 35.5. The number of carbonyl (C=O) groups is 2. The normalized spacial score (nSPS) is 11.1. The van der Waals surface area contributed by atoms with E-state index in [1.807, 2.05) is 34.9 Å². The van der Waals surface area contributed by atoms with Gasteiger partial charge in [0.1, 0.15) is 12.3 Å². The number of fused-ring (bicyclic) bond motifs is 1. The van der Waals surface area contributed by atoms with E-state index in [2.05, 4.69) is 29.5 Å². The molecule has 0 saturated heterocycles. The molecule has 0 atom stereocenters. The van der Waals surface area contributed by atoms with Crippen LogP contribution < -0.4 is 10.6 Å². The van der Waals surface area contributed by atoms with Gasteiger partial charge in [-0.15, -0.1) is 0 Å². The molecule has 0 radical (unpaired) electrons. The van der Waals surface area contributed by atoms with Crippen molar-refractivity contribution in [3.63, 3.8) is 0 Å². The van der Waals surface area contributed by atoms with Crippen LogP contribution in [0.3, 0.4) is 0 Å². The second kappa shape index (κ2) is 11.2. The van der Waals surface area contributed by atoms with E-state index in [0.717, 1.165) is 17.7 Å². The van der Waals surface area contributed by atoms with Crippen LogP contribution in [0.1, 0.15) is 36.3 Å². The summed E-state index contributed by atoms with van der Waals surface area (Å²) in [5, 5.41) is 7.47. The number of methoxy groups -OCH3 is 2. The van der Waals surface area contributed by atoms with E-state index in [9.17, 15) is 9.59 Å². The predicted molar refractivity (Wildman–Crippen MR) is 130 cm³/mol. The molecule has 0 spiro atoms. The first kappa shape index (κ1) is 24.5. The Balaban J connectivity index is 2.04. The predicted octanol–water partition coefficient (Wildman–Crippen LogP) is 4.72. The minimum Gasteiger partial charge on any atom is -0.464 e. The smallest absolute Gasteiger partial charge is 0.356 e. The Morgan fingerprint density at radius 1 is 1.18 bits per heavy atom. The third-order valence-electron chi connectivity index (χ3n) is 5.16. The van der Waals surface area contributed by atoms with Gasteiger partial charge in [0.15, 0.2) is 5.69 Å². The van der Waals surface area contributed by atoms with Crippen molar-refractivity contribution in [2.24, 2.45) is 5.92 Å². The van der Waals surface area contributed by atoms with Gasteiger partial charge in [0.2, 0.25) is 5.91 Å². The van der Waals surface area contributed by atoms with Crippen LogP contribution in [0.15, 0.2) is 36.5 Å². The number of hydrogen-bond donors (Lipinski definition) is 2. The first-order valence-electron chi connectivity index (χ1n) is 10.7. The number of anilines is 2. The summed E-state index contributed by atoms with van der Waals surface area (Å²) in [4.78, 5) is 29.8. The van der Waals surface area contributed by atoms with Crippen LogP contribution in [0.25, 0.3) is 11.0 Å². The molecule has 0 fully saturated rings. The quantitative estimate of drug-likeness (QED) is 0.414. The molecule has 2 heterocycles. The van der Waals surface area contributed by atoms with Gasteiger partial charge in [0.25, 0.3) is 0 Å². The highest BCUT2D eigenvalue weighted by molar-refractivity contribution is 6.30. The molecule has 176 valence electrons. The Bertz CT molecular complexity index is 1130. The number of benzene rings is 1. The van der Waals surface area contributed by atoms with Crippen LogP contribution in [0.4, 0.5) is 11.4 Å². The number of hydrogen-bond acceptors (Lipinski definition) is 6. The Morgan fingerprint density at radius 3 is 2.55 bits per heavy atom. The number of esters is 1. The van der Waals surface area contributed by atoms with E-state index < -0.39 is 5.97 Å². The second-order valence-electron chi connectivity index (χ2n) is 8.11. The number of nitrogens with zero attached hydrogens (tertiary/aromatic N) is 2. The first-order valence-corrected chi connectivity index (χ1v) is 11.1. The lowest BCUT2D eigenvalue weighted by Gasteiger charge is -2.12. The minimum atomic E-state index is -0.542. The van der Waals surface area contributed by atoms with Crippen molar-refractivity contribution in [3.8, 4) is 0 Å². The van der Waals surface area contributed by atoms with E-state index in [-0.39, 0.29) is 18.2 Å². The summed E-state index contributed by atoms with van der Waals surface area (Å²) in [7, 11) is 2.76. The molecule has 3 aromatic rings. The zero-order valence-corrected chi connectivity index (χ0v) is 20.0. The van der Waals surface area contributed by atoms with E-state index >= 15 is 0 Å². The number of amides is 1. The van der Waals surface area contributed by atoms with E-state index in [0.29, 0.717) is 40.8 Å². The number of carbonyl (C=O) groups excluding carboxylic acids is 2. The van der Waals surface area contributed by atoms with E-state index in [1.54, 1.807) is 6.20 Å². The fourth-order valence-corrected chi connectivity index (χ4v) is 3.60. The summed E-state index contributed by atoms with van der Waals surface area (Å²) in [6.45, 7) is 5.20. The molecule has 0 saturated carbocycles. The molecular weight excluding hydrogens is 444 g/mol. The number of rotatable bonds is 10. The van der Waals surface area contributed by atoms with Crippen molar-refractivity contribution in [1.29, 1.82) is 0 Å². The van der Waals surface area contributed by atoms with Gasteiger partial charge < -0.3 is 24.7 Å². The summed E-state index contributed by atoms with van der Waals surface area (Å²) in [6.07, 6.45) is 2.55. The maximum atomic E-state index is 12.8. The number of pyridine rings is 1. The highest BCUT2D eigenvalue weighted by Gasteiger charge is 2.26. The Kier molecular flexibility index (Phi) is 8.30. The SMILES string of the molecule is COCC(=O)Nc1c(C(=O)OC)n(CCC(C)C)c2ncc(NCc3ccc(Cl)cc3)cc12. The van der Waals surface area contributed by atoms with Crippen LogP contribution in [0.2, 0.25) is 5.02 Å². The molecule has 0 aliphatic heterocycles. The lowest BCUT2D eigenvalue weighted by atomic mass is 10.1. The van der Waals surface area contributed by atoms with Gasteiger partial charge in [-0.1, -0.05) is 37.6 Å². The average molecular weight is 473 g/mol. The fraction of sp³-hybridized carbons (Fsp3) is 0.375. The molecule has 1 amide bonds. The molecule has 2 aromatic heterocycles. The van der Waals surface area contributed by atoms with Gasteiger partial charge in [0.05, 0.1) is 24.7 Å². The lowest BCUT2D eigenvalue weighted by molar-refractivity contribution is -0.119. The van der Waals surface area contributed by atoms with E-state index in [4.69, 9.17) is 21.1 Å². The summed E-state index contributed by atoms with van der Waals surface area (Å²) >= 11 is 5.96. The van der Waals surface area contributed by atoms with Crippen molar-refractivity contribution in [1.82, 2.24) is 9.55 Å². The zero-order valence-electron chi connectivity index (χ0n) is 19.3. The highest BCUT2D eigenvalue weighted by Crippen LogP contribution is 2.33. The Labute approximate surface area is 198 Å². The van der Waals surface area contributed by atoms with E-state index in [1.165, 1.54) is 14.2 Å². The summed E-state index contributed by atoms with van der Waals surface area (Å²) in [5.41, 5.74) is 3.03. The number of halogens is 1. The van der Waals surface area contributed by atoms with Crippen molar-refractivity contribution >= 4 is 45.9 Å². The third kappa shape index (κ3) is 6.03. The Hall–Kier alpha value is -3.10. The molecule has 0 unspecified atom stereocenters. The fourth-order valence-electron chi connectivity index (χ4n) is 3.48. The van der Waals surface area contributed by atoms with Crippen molar-refractivity contribution in [3.05, 3.63) is 52.8 Å². The number of ether oxygens (including phenoxy) is 2. The van der Waals surface area contributed by atoms with Gasteiger partial charge >= 0.3 is 5.97 Å². The zero-order chi connectivity index (χ0) is 24.0. The van der Waals surface area contributed by atoms with Gasteiger partial charge in [-0.3, -0.25) is 4.79 Å².